The van der Waals surface area contributed by atoms with Crippen LogP contribution in [0, 0.1) is 25.7 Å². The number of amides is 15. The zero-order valence-electron chi connectivity index (χ0n) is 63.1. The molecule has 15 amide bonds. The van der Waals surface area contributed by atoms with Crippen molar-refractivity contribution in [2.45, 2.75) is 160 Å². The molecule has 19 N–H and O–H groups in total. The second-order valence-corrected chi connectivity index (χ2v) is 30.1. The van der Waals surface area contributed by atoms with Crippen LogP contribution in [-0.2, 0) is 121 Å². The van der Waals surface area contributed by atoms with Crippen molar-refractivity contribution in [1.29, 1.82) is 0 Å². The zero-order chi connectivity index (χ0) is 85.9. The van der Waals surface area contributed by atoms with Gasteiger partial charge in [0.2, 0.25) is 5.91 Å². The summed E-state index contributed by atoms with van der Waals surface area (Å²) in [6.07, 6.45) is 26.8. The van der Waals surface area contributed by atoms with E-state index in [1.54, 1.807) is 0 Å². The predicted molar refractivity (Wildman–Crippen MR) is 412 cm³/mol. The van der Waals surface area contributed by atoms with Crippen LogP contribution < -0.4 is 26.6 Å². The van der Waals surface area contributed by atoms with E-state index in [0.29, 0.717) is 129 Å². The van der Waals surface area contributed by atoms with Crippen molar-refractivity contribution < 1.29 is 181 Å². The van der Waals surface area contributed by atoms with Gasteiger partial charge in [-0.05, 0) is 83.5 Å². The molecule has 7 rings (SSSR count). The van der Waals surface area contributed by atoms with E-state index in [4.69, 9.17) is 99.6 Å². The van der Waals surface area contributed by atoms with E-state index in [1.807, 2.05) is 0 Å². The summed E-state index contributed by atoms with van der Waals surface area (Å²) in [5.41, 5.74) is 14.8. The normalized spacial score (nSPS) is 16.7. The van der Waals surface area contributed by atoms with Crippen molar-refractivity contribution in [2.75, 3.05) is 72.6 Å². The molecule has 662 valence electrons. The number of rotatable bonds is 31. The molecule has 2 fully saturated rings. The van der Waals surface area contributed by atoms with Gasteiger partial charge in [-0.3, -0.25) is 82.0 Å². The number of halogens is 4. The van der Waals surface area contributed by atoms with Crippen molar-refractivity contribution in [3.63, 3.8) is 0 Å². The monoisotopic (exact) mass is 2260 g/mol. The van der Waals surface area contributed by atoms with Gasteiger partial charge in [-0.2, -0.15) is 23.9 Å². The molecule has 40 nitrogen and oxygen atoms in total. The average Bonchev–Trinajstić information content (AvgIpc) is 1.77. The topological polar surface area (TPSA) is 660 Å². The first-order valence-corrected chi connectivity index (χ1v) is 46.0. The number of aliphatic hydroxyl groups is 1. The fraction of sp³-hybridized carbons (Fsp3) is 0.559. The summed E-state index contributed by atoms with van der Waals surface area (Å²) in [5, 5.41) is 74.8. The van der Waals surface area contributed by atoms with Crippen LogP contribution >= 0.6 is 37.7 Å². The number of aliphatic hydroxyl groups excluding tert-OH is 1. The Morgan fingerprint density at radius 3 is 0.713 bits per heavy atom. The molecule has 4 atom stereocenters. The van der Waals surface area contributed by atoms with Crippen LogP contribution in [0.15, 0.2) is 60.8 Å². The van der Waals surface area contributed by atoms with Gasteiger partial charge in [0.15, 0.2) is 0 Å². The van der Waals surface area contributed by atoms with Crippen LogP contribution in [0.4, 0.5) is 19.2 Å². The van der Waals surface area contributed by atoms with Crippen LogP contribution in [0.3, 0.4) is 0 Å². The van der Waals surface area contributed by atoms with Crippen LogP contribution in [0.25, 0.3) is 23.8 Å². The Kier molecular flexibility index (Phi) is 81.4. The minimum Gasteiger partial charge on any atom is -0.693 e. The molecular formula is C68H106Cl4N14O26Pt3. The van der Waals surface area contributed by atoms with Crippen molar-refractivity contribution in [1.82, 2.24) is 51.1 Å². The third-order valence-electron chi connectivity index (χ3n) is 15.3. The number of carboxylic acids is 3. The Morgan fingerprint density at radius 1 is 0.357 bits per heavy atom. The number of hydrogen-bond acceptors (Lipinski definition) is 19. The molecule has 47 heteroatoms. The average molecular weight is 2260 g/mol. The first kappa shape index (κ1) is 121. The summed E-state index contributed by atoms with van der Waals surface area (Å²) < 4.78 is 0. The molecule has 0 radical (unpaired) electrons. The molecule has 0 aromatic heterocycles. The number of unbranched alkanes of at least 4 members (excludes halogenated alkanes) is 8. The Labute approximate surface area is 714 Å². The van der Waals surface area contributed by atoms with E-state index in [0.717, 1.165) is 50.5 Å². The first-order chi connectivity index (χ1) is 53.0. The maximum Gasteiger partial charge on any atom is 2.00 e. The number of hydrogen-bond donors (Lipinski definition) is 13. The van der Waals surface area contributed by atoms with Crippen LogP contribution in [0.2, 0.25) is 0 Å². The molecule has 0 spiro atoms. The molecule has 7 aliphatic rings. The SMILES string of the molecule is CO.O=C(O)C(=O)O.O=C(O)CCC(=O)NCCCN1C(=O)C=CC1=O.O=C(O)NCCCCCN1C(=O)C=CC1=O.O=C(O)NCCCCCN1C(=O)C=CC1=O.O=C(O)NCCCCCN1C(=O)C=CC1=O.O=C(O)NCCCCCN1C(=O)C=CC1=O.[CH2-][C@@H]1CCCC[C@H]1[NH-].[CH2-][C@@H]1CCCC[C@H]1[NH-].[Cl][Pt+2][Cl].[Cl][Pt+2][Cl].[NH2-].[NH2-].[Pt+2]. The van der Waals surface area contributed by atoms with Crippen LogP contribution in [0.1, 0.15) is 148 Å². The maximum absolute atomic E-state index is 11.2. The second-order valence-electron chi connectivity index (χ2n) is 23.6. The molecule has 0 aromatic carbocycles. The Morgan fingerprint density at radius 2 is 0.548 bits per heavy atom. The number of aliphatic carboxylic acids is 3. The van der Waals surface area contributed by atoms with Gasteiger partial charge in [-0.25, -0.2) is 28.8 Å². The van der Waals surface area contributed by atoms with E-state index in [-0.39, 0.29) is 130 Å². The molecule has 2 saturated carbocycles. The van der Waals surface area contributed by atoms with Gasteiger partial charge in [-0.15, -0.1) is 0 Å². The van der Waals surface area contributed by atoms with Crippen molar-refractivity contribution in [3.8, 4) is 0 Å². The largest absolute Gasteiger partial charge is 2.00 e. The Bertz CT molecular complexity index is 2750. The molecule has 5 heterocycles. The van der Waals surface area contributed by atoms with Crippen LogP contribution in [-0.4, -0.2) is 257 Å². The molecule has 0 aromatic rings. The summed E-state index contributed by atoms with van der Waals surface area (Å²) in [5.74, 6) is -7.04. The maximum atomic E-state index is 11.2. The number of carbonyl (C=O) groups is 18. The van der Waals surface area contributed by atoms with Gasteiger partial charge >= 0.3 is 134 Å². The second kappa shape index (κ2) is 77.6. The van der Waals surface area contributed by atoms with Crippen molar-refractivity contribution >= 4 is 145 Å². The van der Waals surface area contributed by atoms with E-state index >= 15 is 0 Å². The molecule has 0 bridgehead atoms. The minimum absolute atomic E-state index is 0. The number of carboxylic acid groups (broad SMARTS) is 7. The fourth-order valence-corrected chi connectivity index (χ4v) is 9.51. The fourth-order valence-electron chi connectivity index (χ4n) is 9.51. The van der Waals surface area contributed by atoms with Gasteiger partial charge in [0.25, 0.3) is 59.1 Å². The standard InChI is InChI=1S/C11H14N2O5.4C10H14N2O4.2C7H13N.C2H2O4.CH4O.4ClH.2H2N.3Pt/c14-8(2-5-11(17)18)12-6-1-7-13-9(15)3-4-10(13)16;4*13-8-4-5-9(14)12(8)7-3-1-2-6-11-10(15)16;2*1-6-4-2-3-5-7(6)8;3-1(4)2(5)6;1-2;;;;;;;;;/h3-4H,1-2,5-7H2,(H,12,14)(H,17,18);4*4-5,11H,1-3,6-7H2,(H,15,16);2*6-8H,1-5H2;(H,3,4)(H,5,6);2H,1H3;4*1H;2*1H2;;;/q;;;;;2*-2;;;;;;;2*-1;+2;2*+4/p-4/t;;;;;2*6-,7-;;;;;;;;;;;/m.....11.........../s1. The summed E-state index contributed by atoms with van der Waals surface area (Å²) >= 11 is -0.944. The van der Waals surface area contributed by atoms with Gasteiger partial charge in [0.1, 0.15) is 0 Å². The van der Waals surface area contributed by atoms with Gasteiger partial charge in [-0.1, -0.05) is 51.4 Å². The predicted octanol–water partition coefficient (Wildman–Crippen LogP) is 8.49. The van der Waals surface area contributed by atoms with Crippen molar-refractivity contribution in [3.05, 3.63) is 98.4 Å². The molecule has 2 aliphatic carbocycles. The number of nitrogens with zero attached hydrogens (tertiary/aromatic N) is 5. The summed E-state index contributed by atoms with van der Waals surface area (Å²) in [6, 6.07) is 0.285. The van der Waals surface area contributed by atoms with Crippen LogP contribution in [0.5, 0.6) is 0 Å². The molecule has 0 unspecified atom stereocenters. The van der Waals surface area contributed by atoms with Gasteiger partial charge in [0, 0.05) is 140 Å². The van der Waals surface area contributed by atoms with Gasteiger partial charge in [0.05, 0.1) is 6.42 Å². The minimum atomic E-state index is -1.82. The summed E-state index contributed by atoms with van der Waals surface area (Å²) in [6.45, 7) is 11.5. The molecule has 115 heavy (non-hydrogen) atoms. The third-order valence-corrected chi connectivity index (χ3v) is 15.3. The zero-order valence-corrected chi connectivity index (χ0v) is 72.9. The molecule has 5 aliphatic heterocycles. The summed E-state index contributed by atoms with van der Waals surface area (Å²) in [4.78, 5) is 197. The van der Waals surface area contributed by atoms with E-state index in [2.05, 4.69) is 40.4 Å². The quantitative estimate of drug-likeness (QED) is 0.0134. The first-order valence-electron chi connectivity index (χ1n) is 34.7. The Hall–Kier alpha value is -7.62. The number of carbonyl (C=O) groups excluding carboxylic acids is 11. The van der Waals surface area contributed by atoms with E-state index in [1.165, 1.54) is 119 Å². The third kappa shape index (κ3) is 67.2. The molecule has 0 saturated heterocycles. The number of nitrogens with two attached hydrogens (primary N) is 2. The van der Waals surface area contributed by atoms with E-state index in [9.17, 15) is 76.7 Å². The van der Waals surface area contributed by atoms with E-state index < -0.39 is 75.2 Å². The number of imide groups is 5. The van der Waals surface area contributed by atoms with Crippen molar-refractivity contribution in [2.24, 2.45) is 11.8 Å². The number of nitrogens with one attached hydrogen (secondary N) is 7. The summed E-state index contributed by atoms with van der Waals surface area (Å²) in [7, 11) is 20.5. The van der Waals surface area contributed by atoms with Gasteiger partial charge < -0.3 is 105 Å². The molecular weight excluding hydrogens is 2160 g/mol. The Balaban J connectivity index is -0.000000232. The smallest absolute Gasteiger partial charge is 0.693 e.